The van der Waals surface area contributed by atoms with Gasteiger partial charge in [-0.15, -0.1) is 0 Å². The van der Waals surface area contributed by atoms with Gasteiger partial charge >= 0.3 is 11.9 Å². The third-order valence-electron chi connectivity index (χ3n) is 4.57. The van der Waals surface area contributed by atoms with Crippen LogP contribution >= 0.6 is 11.8 Å². The number of hydrogen-bond donors (Lipinski definition) is 6. The number of benzene rings is 1. The van der Waals surface area contributed by atoms with E-state index in [-0.39, 0.29) is 12.8 Å². The first-order chi connectivity index (χ1) is 15.5. The zero-order valence-electron chi connectivity index (χ0n) is 18.4. The second-order valence-electron chi connectivity index (χ2n) is 7.38. The lowest BCUT2D eigenvalue weighted by molar-refractivity contribution is -0.143. The van der Waals surface area contributed by atoms with Crippen molar-refractivity contribution in [2.75, 3.05) is 12.0 Å². The van der Waals surface area contributed by atoms with E-state index >= 15 is 0 Å². The number of carboxylic acids is 2. The van der Waals surface area contributed by atoms with Crippen molar-refractivity contribution >= 4 is 41.4 Å². The van der Waals surface area contributed by atoms with Gasteiger partial charge in [0.1, 0.15) is 18.1 Å². The molecule has 0 radical (unpaired) electrons. The lowest BCUT2D eigenvalue weighted by Gasteiger charge is -2.24. The Morgan fingerprint density at radius 1 is 0.909 bits per heavy atom. The number of hydrogen-bond acceptors (Lipinski definition) is 7. The van der Waals surface area contributed by atoms with E-state index in [2.05, 4.69) is 16.0 Å². The number of rotatable bonds is 14. The number of thioether (sulfide) groups is 1. The quantitative estimate of drug-likeness (QED) is 0.200. The van der Waals surface area contributed by atoms with Crippen LogP contribution in [0, 0.1) is 0 Å². The van der Waals surface area contributed by atoms with Crippen LogP contribution in [0.3, 0.4) is 0 Å². The number of carbonyl (C=O) groups excluding carboxylic acids is 3. The summed E-state index contributed by atoms with van der Waals surface area (Å²) in [7, 11) is 0. The highest BCUT2D eigenvalue weighted by molar-refractivity contribution is 7.98. The highest BCUT2D eigenvalue weighted by Gasteiger charge is 2.31. The van der Waals surface area contributed by atoms with E-state index in [0.29, 0.717) is 11.3 Å². The van der Waals surface area contributed by atoms with Crippen LogP contribution in [-0.4, -0.2) is 76.0 Å². The van der Waals surface area contributed by atoms with Gasteiger partial charge in [0.15, 0.2) is 0 Å². The van der Waals surface area contributed by atoms with Crippen molar-refractivity contribution in [3.63, 3.8) is 0 Å². The minimum absolute atomic E-state index is 0.0221. The van der Waals surface area contributed by atoms with Gasteiger partial charge < -0.3 is 31.9 Å². The van der Waals surface area contributed by atoms with E-state index in [9.17, 15) is 29.1 Å². The lowest BCUT2D eigenvalue weighted by atomic mass is 10.0. The summed E-state index contributed by atoms with van der Waals surface area (Å²) in [6.07, 6.45) is 1.28. The molecule has 33 heavy (non-hydrogen) atoms. The number of carbonyl (C=O) groups is 5. The molecule has 3 amide bonds. The van der Waals surface area contributed by atoms with E-state index in [0.717, 1.165) is 0 Å². The van der Waals surface area contributed by atoms with Gasteiger partial charge in [-0.05, 0) is 30.9 Å². The van der Waals surface area contributed by atoms with E-state index in [4.69, 9.17) is 10.8 Å². The Morgan fingerprint density at radius 3 is 1.97 bits per heavy atom. The second-order valence-corrected chi connectivity index (χ2v) is 8.37. The van der Waals surface area contributed by atoms with Gasteiger partial charge in [0, 0.05) is 6.42 Å². The molecule has 7 N–H and O–H groups in total. The monoisotopic (exact) mass is 482 g/mol. The van der Waals surface area contributed by atoms with Crippen LogP contribution in [-0.2, 0) is 30.4 Å². The maximum absolute atomic E-state index is 12.9. The molecule has 0 spiro atoms. The first-order valence-corrected chi connectivity index (χ1v) is 11.6. The smallest absolute Gasteiger partial charge is 0.326 e. The van der Waals surface area contributed by atoms with Gasteiger partial charge in [-0.1, -0.05) is 30.3 Å². The summed E-state index contributed by atoms with van der Waals surface area (Å²) >= 11 is 1.42. The van der Waals surface area contributed by atoms with Crippen LogP contribution in [0.1, 0.15) is 25.3 Å². The van der Waals surface area contributed by atoms with Gasteiger partial charge in [0.25, 0.3) is 0 Å². The Bertz CT molecular complexity index is 835. The molecule has 0 bridgehead atoms. The molecule has 0 saturated carbocycles. The average Bonchev–Trinajstić information content (AvgIpc) is 2.75. The fraction of sp³-hybridized carbons (Fsp3) is 0.476. The minimum atomic E-state index is -1.47. The summed E-state index contributed by atoms with van der Waals surface area (Å²) in [5.41, 5.74) is 6.16. The topological polar surface area (TPSA) is 188 Å². The largest absolute Gasteiger partial charge is 0.481 e. The fourth-order valence-electron chi connectivity index (χ4n) is 2.78. The van der Waals surface area contributed by atoms with Crippen LogP contribution in [0.25, 0.3) is 0 Å². The van der Waals surface area contributed by atoms with E-state index < -0.39 is 60.2 Å². The molecule has 0 heterocycles. The fourth-order valence-corrected chi connectivity index (χ4v) is 3.26. The van der Waals surface area contributed by atoms with Crippen LogP contribution in [0.4, 0.5) is 0 Å². The van der Waals surface area contributed by atoms with Crippen molar-refractivity contribution in [1.82, 2.24) is 16.0 Å². The first-order valence-electron chi connectivity index (χ1n) is 10.2. The van der Waals surface area contributed by atoms with Gasteiger partial charge in [-0.25, -0.2) is 4.79 Å². The van der Waals surface area contributed by atoms with Crippen molar-refractivity contribution < 1.29 is 34.2 Å². The first kappa shape index (κ1) is 27.9. The normalized spacial score (nSPS) is 14.3. The summed E-state index contributed by atoms with van der Waals surface area (Å²) in [6, 6.07) is 3.87. The van der Waals surface area contributed by atoms with E-state index in [1.807, 2.05) is 0 Å². The van der Waals surface area contributed by atoms with Crippen molar-refractivity contribution in [1.29, 1.82) is 0 Å². The molecular formula is C21H30N4O7S. The maximum atomic E-state index is 12.9. The number of amides is 3. The summed E-state index contributed by atoms with van der Waals surface area (Å²) in [5.74, 6) is -4.44. The zero-order chi connectivity index (χ0) is 25.0. The molecule has 182 valence electrons. The highest BCUT2D eigenvalue weighted by Crippen LogP contribution is 2.07. The van der Waals surface area contributed by atoms with Crippen molar-refractivity contribution in [2.45, 2.75) is 50.4 Å². The summed E-state index contributed by atoms with van der Waals surface area (Å²) in [6.45, 7) is 1.37. The Kier molecular flexibility index (Phi) is 11.9. The molecule has 0 aliphatic rings. The molecule has 0 saturated heterocycles. The summed E-state index contributed by atoms with van der Waals surface area (Å²) < 4.78 is 0. The Labute approximate surface area is 195 Å². The predicted octanol–water partition coefficient (Wildman–Crippen LogP) is -0.657. The molecule has 0 aliphatic carbocycles. The summed E-state index contributed by atoms with van der Waals surface area (Å²) in [4.78, 5) is 60.3. The molecule has 0 aliphatic heterocycles. The molecule has 4 atom stereocenters. The molecule has 1 aromatic carbocycles. The van der Waals surface area contributed by atoms with Crippen molar-refractivity contribution in [2.24, 2.45) is 5.73 Å². The SMILES string of the molecule is CSCCC(NC(=O)C(Cc1ccccc1)NC(=O)C(CC(=O)O)NC(=O)C(C)N)C(=O)O. The van der Waals surface area contributed by atoms with E-state index in [1.54, 1.807) is 36.6 Å². The number of nitrogens with two attached hydrogens (primary N) is 1. The third kappa shape index (κ3) is 10.4. The van der Waals surface area contributed by atoms with Crippen LogP contribution in [0.15, 0.2) is 30.3 Å². The molecule has 1 aromatic rings. The van der Waals surface area contributed by atoms with Gasteiger partial charge in [-0.3, -0.25) is 19.2 Å². The van der Waals surface area contributed by atoms with Gasteiger partial charge in [0.2, 0.25) is 17.7 Å². The van der Waals surface area contributed by atoms with E-state index in [1.165, 1.54) is 18.7 Å². The highest BCUT2D eigenvalue weighted by atomic mass is 32.2. The van der Waals surface area contributed by atoms with Gasteiger partial charge in [0.05, 0.1) is 12.5 Å². The molecule has 12 heteroatoms. The molecule has 0 aromatic heterocycles. The molecule has 4 unspecified atom stereocenters. The summed E-state index contributed by atoms with van der Waals surface area (Å²) in [5, 5.41) is 25.7. The van der Waals surface area contributed by atoms with Crippen LogP contribution in [0.5, 0.6) is 0 Å². The Morgan fingerprint density at radius 2 is 1.45 bits per heavy atom. The lowest BCUT2D eigenvalue weighted by Crippen LogP contribution is -2.57. The second kappa shape index (κ2) is 14.1. The third-order valence-corrected chi connectivity index (χ3v) is 5.21. The Hall–Kier alpha value is -3.12. The predicted molar refractivity (Wildman–Crippen MR) is 122 cm³/mol. The standard InChI is InChI=1S/C21H30N4O7S/c1-12(22)18(28)24-16(11-17(26)27)20(30)25-15(10-13-6-4-3-5-7-13)19(29)23-14(21(31)32)8-9-33-2/h3-7,12,14-16H,8-11,22H2,1-2H3,(H,23,29)(H,24,28)(H,25,30)(H,26,27)(H,31,32). The molecular weight excluding hydrogens is 452 g/mol. The maximum Gasteiger partial charge on any atom is 0.326 e. The van der Waals surface area contributed by atoms with Crippen molar-refractivity contribution in [3.05, 3.63) is 35.9 Å². The number of aliphatic carboxylic acids is 2. The minimum Gasteiger partial charge on any atom is -0.481 e. The molecule has 1 rings (SSSR count). The average molecular weight is 483 g/mol. The van der Waals surface area contributed by atoms with Crippen LogP contribution in [0.2, 0.25) is 0 Å². The number of nitrogens with one attached hydrogen (secondary N) is 3. The molecule has 0 fully saturated rings. The van der Waals surface area contributed by atoms with Crippen molar-refractivity contribution in [3.8, 4) is 0 Å². The Balaban J connectivity index is 3.09. The van der Waals surface area contributed by atoms with Gasteiger partial charge in [-0.2, -0.15) is 11.8 Å². The molecule has 11 nitrogen and oxygen atoms in total. The number of carboxylic acid groups (broad SMARTS) is 2. The van der Waals surface area contributed by atoms with Crippen LogP contribution < -0.4 is 21.7 Å². The zero-order valence-corrected chi connectivity index (χ0v) is 19.3.